The molecule has 35 heavy (non-hydrogen) atoms. The van der Waals surface area contributed by atoms with Crippen molar-refractivity contribution in [3.05, 3.63) is 112 Å². The van der Waals surface area contributed by atoms with Gasteiger partial charge in [-0.05, 0) is 65.1 Å². The zero-order valence-electron chi connectivity index (χ0n) is 20.2. The maximum Gasteiger partial charge on any atom is 0.261 e. The largest absolute Gasteiger partial charge is 0.492 e. The van der Waals surface area contributed by atoms with Crippen molar-refractivity contribution in [2.24, 2.45) is 5.92 Å². The number of methoxy groups -OCH3 is 2. The Bertz CT molecular complexity index is 1260. The van der Waals surface area contributed by atoms with E-state index in [0.29, 0.717) is 12.1 Å². The molecule has 6 heteroatoms. The first kappa shape index (κ1) is 24.2. The standard InChI is InChI=1S/C29H28FNO4/c1-17-23(12-20-13-25(34-3)28(32)26(14-20)35-4)22-11-10-21(30)15-24(22)27(17)18(2)29(33)31-16-19-8-6-5-7-9-19/h5-15,18,27H,16H2,1-4H3,(H,31,33). The lowest BCUT2D eigenvalue weighted by Gasteiger charge is -2.22. The molecule has 0 aliphatic heterocycles. The molecule has 0 bridgehead atoms. The Hall–Kier alpha value is -3.93. The number of allylic oxidation sites excluding steroid dienone is 6. The highest BCUT2D eigenvalue weighted by atomic mass is 19.1. The van der Waals surface area contributed by atoms with E-state index in [-0.39, 0.29) is 34.9 Å². The molecular formula is C29H28FNO4. The van der Waals surface area contributed by atoms with E-state index >= 15 is 0 Å². The van der Waals surface area contributed by atoms with Gasteiger partial charge >= 0.3 is 0 Å². The van der Waals surface area contributed by atoms with E-state index in [1.807, 2.05) is 50.3 Å². The number of carbonyl (C=O) groups is 2. The summed E-state index contributed by atoms with van der Waals surface area (Å²) in [4.78, 5) is 25.4. The third kappa shape index (κ3) is 4.83. The Balaban J connectivity index is 1.69. The Morgan fingerprint density at radius 2 is 1.74 bits per heavy atom. The number of carbonyl (C=O) groups excluding carboxylic acids is 2. The molecule has 0 aromatic heterocycles. The highest BCUT2D eigenvalue weighted by molar-refractivity contribution is 6.07. The lowest BCUT2D eigenvalue weighted by atomic mass is 9.84. The zero-order chi connectivity index (χ0) is 25.1. The Labute approximate surface area is 204 Å². The van der Waals surface area contributed by atoms with Crippen molar-refractivity contribution in [1.82, 2.24) is 5.32 Å². The van der Waals surface area contributed by atoms with Crippen LogP contribution in [0, 0.1) is 11.7 Å². The third-order valence-corrected chi connectivity index (χ3v) is 6.55. The van der Waals surface area contributed by atoms with E-state index in [4.69, 9.17) is 9.47 Å². The number of benzene rings is 2. The van der Waals surface area contributed by atoms with Crippen LogP contribution in [0.25, 0.3) is 5.57 Å². The van der Waals surface area contributed by atoms with Crippen LogP contribution in [0.15, 0.2) is 89.4 Å². The summed E-state index contributed by atoms with van der Waals surface area (Å²) in [6, 6.07) is 14.4. The molecule has 5 nitrogen and oxygen atoms in total. The van der Waals surface area contributed by atoms with Crippen molar-refractivity contribution in [3.8, 4) is 0 Å². The van der Waals surface area contributed by atoms with Gasteiger partial charge in [-0.3, -0.25) is 9.59 Å². The van der Waals surface area contributed by atoms with Crippen molar-refractivity contribution < 1.29 is 23.5 Å². The number of Topliss-reactive ketones (excluding diaryl/α,β-unsaturated/α-hetero) is 1. The first-order valence-electron chi connectivity index (χ1n) is 11.4. The van der Waals surface area contributed by atoms with Crippen LogP contribution in [0.5, 0.6) is 0 Å². The average Bonchev–Trinajstić information content (AvgIpc) is 3.13. The molecule has 1 N–H and O–H groups in total. The highest BCUT2D eigenvalue weighted by Crippen LogP contribution is 2.47. The molecule has 1 amide bonds. The van der Waals surface area contributed by atoms with Crippen molar-refractivity contribution in [2.75, 3.05) is 14.2 Å². The summed E-state index contributed by atoms with van der Waals surface area (Å²) in [6.07, 6.45) is 5.22. The maximum absolute atomic E-state index is 14.3. The van der Waals surface area contributed by atoms with Gasteiger partial charge in [-0.15, -0.1) is 0 Å². The van der Waals surface area contributed by atoms with Crippen LogP contribution in [-0.4, -0.2) is 25.9 Å². The molecule has 0 spiro atoms. The van der Waals surface area contributed by atoms with E-state index in [0.717, 1.165) is 27.8 Å². The molecular weight excluding hydrogens is 445 g/mol. The second-order valence-electron chi connectivity index (χ2n) is 8.70. The van der Waals surface area contributed by atoms with Gasteiger partial charge in [0.05, 0.1) is 14.2 Å². The molecule has 2 unspecified atom stereocenters. The number of halogens is 1. The van der Waals surface area contributed by atoms with Gasteiger partial charge in [-0.2, -0.15) is 0 Å². The normalized spacial score (nSPS) is 17.9. The van der Waals surface area contributed by atoms with E-state index in [1.165, 1.54) is 26.4 Å². The average molecular weight is 474 g/mol. The molecule has 2 aromatic carbocycles. The van der Waals surface area contributed by atoms with Crippen LogP contribution in [0.4, 0.5) is 4.39 Å². The molecule has 2 aliphatic carbocycles. The van der Waals surface area contributed by atoms with Crippen LogP contribution in [0.2, 0.25) is 0 Å². The van der Waals surface area contributed by atoms with Gasteiger partial charge in [0, 0.05) is 18.4 Å². The Morgan fingerprint density at radius 3 is 2.37 bits per heavy atom. The van der Waals surface area contributed by atoms with E-state index in [2.05, 4.69) is 5.32 Å². The lowest BCUT2D eigenvalue weighted by Crippen LogP contribution is -2.32. The SMILES string of the molecule is COC1=CC(=CC2=C(C)C(C(C)C(=O)NCc3ccccc3)c3cc(F)ccc32)C=C(OC)C1=O. The van der Waals surface area contributed by atoms with Crippen LogP contribution >= 0.6 is 0 Å². The van der Waals surface area contributed by atoms with Gasteiger partial charge in [0.2, 0.25) is 5.91 Å². The minimum atomic E-state index is -0.418. The maximum atomic E-state index is 14.3. The van der Waals surface area contributed by atoms with Gasteiger partial charge in [0.15, 0.2) is 11.5 Å². The smallest absolute Gasteiger partial charge is 0.261 e. The van der Waals surface area contributed by atoms with Crippen LogP contribution in [-0.2, 0) is 25.6 Å². The fraction of sp³-hybridized carbons (Fsp3) is 0.241. The number of hydrogen-bond donors (Lipinski definition) is 1. The van der Waals surface area contributed by atoms with Gasteiger partial charge in [-0.25, -0.2) is 4.39 Å². The molecule has 2 atom stereocenters. The number of hydrogen-bond acceptors (Lipinski definition) is 4. The lowest BCUT2D eigenvalue weighted by molar-refractivity contribution is -0.125. The molecule has 2 aromatic rings. The number of amides is 1. The van der Waals surface area contributed by atoms with Crippen LogP contribution in [0.1, 0.15) is 36.5 Å². The van der Waals surface area contributed by atoms with Crippen molar-refractivity contribution in [2.45, 2.75) is 26.3 Å². The topological polar surface area (TPSA) is 64.6 Å². The fourth-order valence-corrected chi connectivity index (χ4v) is 4.73. The first-order chi connectivity index (χ1) is 16.8. The summed E-state index contributed by atoms with van der Waals surface area (Å²) >= 11 is 0. The Morgan fingerprint density at radius 1 is 1.09 bits per heavy atom. The van der Waals surface area contributed by atoms with Crippen LogP contribution < -0.4 is 5.32 Å². The third-order valence-electron chi connectivity index (χ3n) is 6.55. The van der Waals surface area contributed by atoms with Gasteiger partial charge in [0.1, 0.15) is 5.82 Å². The second-order valence-corrected chi connectivity index (χ2v) is 8.70. The van der Waals surface area contributed by atoms with E-state index in [1.54, 1.807) is 18.2 Å². The molecule has 0 saturated heterocycles. The first-order valence-corrected chi connectivity index (χ1v) is 11.4. The zero-order valence-corrected chi connectivity index (χ0v) is 20.2. The Kier molecular flexibility index (Phi) is 7.01. The molecule has 180 valence electrons. The monoisotopic (exact) mass is 473 g/mol. The quantitative estimate of drug-likeness (QED) is 0.599. The van der Waals surface area contributed by atoms with Gasteiger partial charge in [0.25, 0.3) is 5.78 Å². The number of ketones is 1. The number of fused-ring (bicyclic) bond motifs is 1. The van der Waals surface area contributed by atoms with Crippen LogP contribution in [0.3, 0.4) is 0 Å². The summed E-state index contributed by atoms with van der Waals surface area (Å²) in [5.74, 6) is -1.13. The van der Waals surface area contributed by atoms with Crippen molar-refractivity contribution >= 4 is 17.3 Å². The second kappa shape index (κ2) is 10.1. The predicted molar refractivity (Wildman–Crippen MR) is 132 cm³/mol. The number of rotatable bonds is 7. The molecule has 0 saturated carbocycles. The predicted octanol–water partition coefficient (Wildman–Crippen LogP) is 5.22. The summed E-state index contributed by atoms with van der Waals surface area (Å²) in [7, 11) is 2.87. The number of ether oxygens (including phenoxy) is 2. The highest BCUT2D eigenvalue weighted by Gasteiger charge is 2.35. The molecule has 0 heterocycles. The number of nitrogens with one attached hydrogen (secondary N) is 1. The fourth-order valence-electron chi connectivity index (χ4n) is 4.73. The van der Waals surface area contributed by atoms with E-state index in [9.17, 15) is 14.0 Å². The molecule has 0 fully saturated rings. The van der Waals surface area contributed by atoms with Gasteiger partial charge < -0.3 is 14.8 Å². The summed E-state index contributed by atoms with van der Waals surface area (Å²) < 4.78 is 24.8. The molecule has 4 rings (SSSR count). The van der Waals surface area contributed by atoms with Crippen molar-refractivity contribution in [1.29, 1.82) is 0 Å². The molecule has 2 aliphatic rings. The molecule has 0 radical (unpaired) electrons. The van der Waals surface area contributed by atoms with Crippen molar-refractivity contribution in [3.63, 3.8) is 0 Å². The van der Waals surface area contributed by atoms with E-state index < -0.39 is 5.92 Å². The summed E-state index contributed by atoms with van der Waals surface area (Å²) in [6.45, 7) is 4.26. The minimum Gasteiger partial charge on any atom is -0.492 e. The minimum absolute atomic E-state index is 0.103. The summed E-state index contributed by atoms with van der Waals surface area (Å²) in [5.41, 5.74) is 5.20. The summed E-state index contributed by atoms with van der Waals surface area (Å²) in [5, 5.41) is 3.01. The van der Waals surface area contributed by atoms with Gasteiger partial charge in [-0.1, -0.05) is 48.9 Å².